The van der Waals surface area contributed by atoms with E-state index < -0.39 is 0 Å². The molecular formula is C20H20BrFN2O2. The maximum Gasteiger partial charge on any atom is 0.287 e. The molecule has 136 valence electrons. The van der Waals surface area contributed by atoms with Crippen molar-refractivity contribution in [3.05, 3.63) is 69.6 Å². The van der Waals surface area contributed by atoms with Crippen LogP contribution in [0.1, 0.15) is 27.7 Å². The summed E-state index contributed by atoms with van der Waals surface area (Å²) in [5.74, 6) is -0.271. The van der Waals surface area contributed by atoms with Crippen molar-refractivity contribution in [1.82, 2.24) is 10.2 Å². The number of furan rings is 1. The third-order valence-electron chi connectivity index (χ3n) is 4.42. The molecule has 4 nitrogen and oxygen atoms in total. The monoisotopic (exact) mass is 418 g/mol. The summed E-state index contributed by atoms with van der Waals surface area (Å²) in [6.45, 7) is 2.21. The minimum Gasteiger partial charge on any atom is -0.451 e. The van der Waals surface area contributed by atoms with Crippen molar-refractivity contribution in [1.29, 1.82) is 0 Å². The minimum absolute atomic E-state index is 0.145. The quantitative estimate of drug-likeness (QED) is 0.654. The lowest BCUT2D eigenvalue weighted by molar-refractivity contribution is 0.0915. The summed E-state index contributed by atoms with van der Waals surface area (Å²) < 4.78 is 20.2. The molecule has 0 aliphatic heterocycles. The Morgan fingerprint density at radius 1 is 1.27 bits per heavy atom. The first-order chi connectivity index (χ1) is 12.4. The first-order valence-corrected chi connectivity index (χ1v) is 9.05. The van der Waals surface area contributed by atoms with E-state index in [0.29, 0.717) is 17.9 Å². The molecule has 0 fully saturated rings. The highest BCUT2D eigenvalue weighted by Gasteiger charge is 2.21. The van der Waals surface area contributed by atoms with E-state index in [-0.39, 0.29) is 17.8 Å². The highest BCUT2D eigenvalue weighted by Crippen LogP contribution is 2.28. The normalized spacial score (nSPS) is 12.5. The maximum atomic E-state index is 13.5. The maximum absolute atomic E-state index is 13.5. The average molecular weight is 419 g/mol. The average Bonchev–Trinajstić information content (AvgIpc) is 2.91. The van der Waals surface area contributed by atoms with Crippen LogP contribution < -0.4 is 5.32 Å². The van der Waals surface area contributed by atoms with Crippen molar-refractivity contribution < 1.29 is 13.6 Å². The lowest BCUT2D eigenvalue weighted by Gasteiger charge is -2.25. The Morgan fingerprint density at radius 2 is 2.04 bits per heavy atom. The van der Waals surface area contributed by atoms with Gasteiger partial charge in [-0.1, -0.05) is 28.1 Å². The molecule has 0 aliphatic rings. The number of rotatable bonds is 5. The molecule has 1 aromatic heterocycles. The van der Waals surface area contributed by atoms with E-state index in [9.17, 15) is 9.18 Å². The molecule has 1 amide bonds. The Morgan fingerprint density at radius 3 is 2.73 bits per heavy atom. The summed E-state index contributed by atoms with van der Waals surface area (Å²) in [4.78, 5) is 14.6. The zero-order valence-corrected chi connectivity index (χ0v) is 16.4. The van der Waals surface area contributed by atoms with Gasteiger partial charge in [0.1, 0.15) is 11.4 Å². The van der Waals surface area contributed by atoms with Gasteiger partial charge in [0.25, 0.3) is 5.91 Å². The molecule has 0 aliphatic carbocycles. The van der Waals surface area contributed by atoms with Gasteiger partial charge in [0, 0.05) is 22.0 Å². The number of nitrogens with zero attached hydrogens (tertiary/aromatic N) is 1. The van der Waals surface area contributed by atoms with Crippen molar-refractivity contribution in [2.75, 3.05) is 20.6 Å². The molecule has 0 radical (unpaired) electrons. The van der Waals surface area contributed by atoms with Crippen LogP contribution in [0, 0.1) is 12.7 Å². The van der Waals surface area contributed by atoms with Crippen LogP contribution in [0.15, 0.2) is 51.4 Å². The second kappa shape index (κ2) is 7.60. The topological polar surface area (TPSA) is 45.5 Å². The van der Waals surface area contributed by atoms with Gasteiger partial charge in [-0.05, 0) is 56.9 Å². The zero-order chi connectivity index (χ0) is 18.8. The number of carbonyl (C=O) groups excluding carboxylic acids is 1. The first kappa shape index (κ1) is 18.6. The number of nitrogens with one attached hydrogen (secondary N) is 1. The lowest BCUT2D eigenvalue weighted by atomic mass is 10.1. The summed E-state index contributed by atoms with van der Waals surface area (Å²) in [5.41, 5.74) is 2.27. The molecule has 1 atom stereocenters. The molecule has 0 bridgehead atoms. The van der Waals surface area contributed by atoms with Gasteiger partial charge in [-0.15, -0.1) is 0 Å². The molecule has 0 saturated heterocycles. The van der Waals surface area contributed by atoms with E-state index >= 15 is 0 Å². The predicted octanol–water partition coefficient (Wildman–Crippen LogP) is 4.68. The van der Waals surface area contributed by atoms with E-state index in [4.69, 9.17) is 4.42 Å². The Balaban J connectivity index is 1.80. The zero-order valence-electron chi connectivity index (χ0n) is 14.8. The number of likely N-dealkylation sites (N-methyl/N-ethyl adjacent to an activating group) is 1. The Bertz CT molecular complexity index is 952. The number of fused-ring (bicyclic) bond motifs is 1. The summed E-state index contributed by atoms with van der Waals surface area (Å²) in [7, 11) is 3.79. The van der Waals surface area contributed by atoms with Gasteiger partial charge < -0.3 is 14.6 Å². The standard InChI is InChI=1S/C20H20BrFN2O2/c1-12-16-10-14(21)7-8-18(16)26-19(12)20(25)23-11-17(24(2)3)13-5-4-6-15(22)9-13/h4-10,17H,11H2,1-3H3,(H,23,25). The fourth-order valence-electron chi connectivity index (χ4n) is 2.99. The van der Waals surface area contributed by atoms with E-state index in [1.807, 2.05) is 50.2 Å². The van der Waals surface area contributed by atoms with E-state index in [0.717, 1.165) is 21.0 Å². The van der Waals surface area contributed by atoms with E-state index in [2.05, 4.69) is 21.2 Å². The SMILES string of the molecule is Cc1c(C(=O)NCC(c2cccc(F)c2)N(C)C)oc2ccc(Br)cc12. The van der Waals surface area contributed by atoms with Crippen molar-refractivity contribution >= 4 is 32.8 Å². The third-order valence-corrected chi connectivity index (χ3v) is 4.91. The van der Waals surface area contributed by atoms with Crippen LogP contribution in [0.4, 0.5) is 4.39 Å². The van der Waals surface area contributed by atoms with Crippen molar-refractivity contribution in [2.45, 2.75) is 13.0 Å². The summed E-state index contributed by atoms with van der Waals surface area (Å²) in [5, 5.41) is 3.81. The van der Waals surface area contributed by atoms with Crippen LogP contribution in [0.5, 0.6) is 0 Å². The molecule has 6 heteroatoms. The molecule has 0 saturated carbocycles. The molecule has 3 aromatic rings. The van der Waals surface area contributed by atoms with Gasteiger partial charge in [-0.3, -0.25) is 4.79 Å². The molecule has 1 N–H and O–H groups in total. The number of halogens is 2. The predicted molar refractivity (Wildman–Crippen MR) is 104 cm³/mol. The third kappa shape index (κ3) is 3.81. The Kier molecular flexibility index (Phi) is 5.44. The van der Waals surface area contributed by atoms with Gasteiger partial charge in [-0.2, -0.15) is 0 Å². The smallest absolute Gasteiger partial charge is 0.287 e. The van der Waals surface area contributed by atoms with Gasteiger partial charge >= 0.3 is 0 Å². The summed E-state index contributed by atoms with van der Waals surface area (Å²) in [6, 6.07) is 11.9. The Labute approximate surface area is 160 Å². The van der Waals surface area contributed by atoms with Gasteiger partial charge in [0.05, 0.1) is 6.04 Å². The van der Waals surface area contributed by atoms with E-state index in [1.165, 1.54) is 12.1 Å². The number of carbonyl (C=O) groups is 1. The largest absolute Gasteiger partial charge is 0.451 e. The van der Waals surface area contributed by atoms with Gasteiger partial charge in [0.2, 0.25) is 0 Å². The lowest BCUT2D eigenvalue weighted by Crippen LogP contribution is -2.34. The van der Waals surface area contributed by atoms with E-state index in [1.54, 1.807) is 6.07 Å². The minimum atomic E-state index is -0.292. The van der Waals surface area contributed by atoms with Crippen molar-refractivity contribution in [2.24, 2.45) is 0 Å². The highest BCUT2D eigenvalue weighted by atomic mass is 79.9. The number of hydrogen-bond donors (Lipinski definition) is 1. The van der Waals surface area contributed by atoms with Crippen LogP contribution >= 0.6 is 15.9 Å². The van der Waals surface area contributed by atoms with Crippen molar-refractivity contribution in [3.8, 4) is 0 Å². The fourth-order valence-corrected chi connectivity index (χ4v) is 3.35. The Hall–Kier alpha value is -2.18. The van der Waals surface area contributed by atoms with Crippen LogP contribution in [0.3, 0.4) is 0 Å². The van der Waals surface area contributed by atoms with Crippen LogP contribution in [-0.4, -0.2) is 31.4 Å². The number of benzene rings is 2. The second-order valence-electron chi connectivity index (χ2n) is 6.44. The number of aryl methyl sites for hydroxylation is 1. The molecule has 0 spiro atoms. The highest BCUT2D eigenvalue weighted by molar-refractivity contribution is 9.10. The first-order valence-electron chi connectivity index (χ1n) is 8.25. The van der Waals surface area contributed by atoms with Crippen LogP contribution in [-0.2, 0) is 0 Å². The fraction of sp³-hybridized carbons (Fsp3) is 0.250. The van der Waals surface area contributed by atoms with Gasteiger partial charge in [-0.25, -0.2) is 4.39 Å². The second-order valence-corrected chi connectivity index (χ2v) is 7.36. The van der Waals surface area contributed by atoms with Gasteiger partial charge in [0.15, 0.2) is 5.76 Å². The summed E-state index contributed by atoms with van der Waals surface area (Å²) >= 11 is 3.43. The molecule has 3 rings (SSSR count). The molecule has 26 heavy (non-hydrogen) atoms. The van der Waals surface area contributed by atoms with Crippen LogP contribution in [0.2, 0.25) is 0 Å². The molecule has 1 heterocycles. The van der Waals surface area contributed by atoms with Crippen LogP contribution in [0.25, 0.3) is 11.0 Å². The summed E-state index contributed by atoms with van der Waals surface area (Å²) in [6.07, 6.45) is 0. The molecule has 1 unspecified atom stereocenters. The van der Waals surface area contributed by atoms with Crippen molar-refractivity contribution in [3.63, 3.8) is 0 Å². The number of hydrogen-bond acceptors (Lipinski definition) is 3. The number of amides is 1. The molecule has 2 aromatic carbocycles. The molecular weight excluding hydrogens is 399 g/mol.